The minimum Gasteiger partial charge on any atom is -0.341 e. The molecule has 1 aliphatic heterocycles. The number of aromatic amines is 2. The molecule has 0 spiro atoms. The van der Waals surface area contributed by atoms with E-state index in [1.807, 2.05) is 6.26 Å². The molecule has 0 radical (unpaired) electrons. The number of fused-ring (bicyclic) bond motifs is 1. The smallest absolute Gasteiger partial charge is 0.256 e. The van der Waals surface area contributed by atoms with Crippen molar-refractivity contribution in [1.29, 1.82) is 0 Å². The summed E-state index contributed by atoms with van der Waals surface area (Å²) in [7, 11) is 0. The van der Waals surface area contributed by atoms with Gasteiger partial charge in [-0.05, 0) is 36.1 Å². The number of H-pyrrole nitrogens is 2. The number of nitrogens with one attached hydrogen (secondary N) is 2. The van der Waals surface area contributed by atoms with E-state index >= 15 is 0 Å². The van der Waals surface area contributed by atoms with E-state index in [0.717, 1.165) is 41.3 Å². The van der Waals surface area contributed by atoms with Gasteiger partial charge in [0.25, 0.3) is 5.56 Å². The lowest BCUT2D eigenvalue weighted by atomic mass is 10.1. The number of rotatable bonds is 4. The third-order valence-corrected chi connectivity index (χ3v) is 5.06. The van der Waals surface area contributed by atoms with Crippen LogP contribution in [0.2, 0.25) is 0 Å². The third-order valence-electron chi connectivity index (χ3n) is 4.48. The Morgan fingerprint density at radius 3 is 2.85 bits per heavy atom. The molecule has 6 nitrogen and oxygen atoms in total. The van der Waals surface area contributed by atoms with Gasteiger partial charge in [-0.15, -0.1) is 0 Å². The fraction of sp³-hybridized carbons (Fsp3) is 0.278. The van der Waals surface area contributed by atoms with E-state index in [1.54, 1.807) is 18.3 Å². The maximum atomic E-state index is 13.1. The van der Waals surface area contributed by atoms with Crippen molar-refractivity contribution in [3.05, 3.63) is 63.7 Å². The van der Waals surface area contributed by atoms with Crippen molar-refractivity contribution in [3.8, 4) is 11.3 Å². The van der Waals surface area contributed by atoms with Crippen molar-refractivity contribution in [1.82, 2.24) is 24.8 Å². The number of hydrogen-bond acceptors (Lipinski definition) is 5. The second-order valence-electron chi connectivity index (χ2n) is 6.21. The van der Waals surface area contributed by atoms with Gasteiger partial charge in [0.1, 0.15) is 11.6 Å². The third kappa shape index (κ3) is 3.42. The molecule has 0 atom stereocenters. The number of aromatic nitrogens is 4. The summed E-state index contributed by atoms with van der Waals surface area (Å²) in [5, 5.41) is 0.664. The van der Waals surface area contributed by atoms with Crippen molar-refractivity contribution in [2.24, 2.45) is 0 Å². The Morgan fingerprint density at radius 2 is 2.08 bits per heavy atom. The number of nitrogens with zero attached hydrogens (tertiary/aromatic N) is 3. The molecule has 3 aromatic rings. The number of thioether (sulfide) groups is 1. The minimum atomic E-state index is -0.260. The zero-order valence-electron chi connectivity index (χ0n) is 14.3. The first-order valence-corrected chi connectivity index (χ1v) is 9.53. The summed E-state index contributed by atoms with van der Waals surface area (Å²) >= 11 is 1.44. The van der Waals surface area contributed by atoms with Crippen molar-refractivity contribution < 1.29 is 4.39 Å². The van der Waals surface area contributed by atoms with E-state index in [1.165, 1.54) is 23.9 Å². The highest BCUT2D eigenvalue weighted by Crippen LogP contribution is 2.20. The molecular weight excluding hydrogens is 353 g/mol. The van der Waals surface area contributed by atoms with Crippen molar-refractivity contribution in [2.45, 2.75) is 24.7 Å². The lowest BCUT2D eigenvalue weighted by Crippen LogP contribution is -2.35. The largest absolute Gasteiger partial charge is 0.341 e. The molecule has 0 aliphatic carbocycles. The molecule has 134 valence electrons. The van der Waals surface area contributed by atoms with Gasteiger partial charge in [0.05, 0.1) is 29.7 Å². The highest BCUT2D eigenvalue weighted by molar-refractivity contribution is 7.98. The van der Waals surface area contributed by atoms with E-state index in [9.17, 15) is 9.18 Å². The molecule has 26 heavy (non-hydrogen) atoms. The maximum Gasteiger partial charge on any atom is 0.256 e. The molecule has 0 amide bonds. The van der Waals surface area contributed by atoms with Crippen molar-refractivity contribution in [3.63, 3.8) is 0 Å². The zero-order chi connectivity index (χ0) is 18.1. The number of imidazole rings is 1. The van der Waals surface area contributed by atoms with Gasteiger partial charge >= 0.3 is 0 Å². The zero-order valence-corrected chi connectivity index (χ0v) is 15.1. The van der Waals surface area contributed by atoms with Crippen molar-refractivity contribution >= 4 is 11.8 Å². The van der Waals surface area contributed by atoms with E-state index in [4.69, 9.17) is 0 Å². The van der Waals surface area contributed by atoms with E-state index in [2.05, 4.69) is 24.8 Å². The Bertz CT molecular complexity index is 982. The fourth-order valence-electron chi connectivity index (χ4n) is 3.12. The molecule has 0 unspecified atom stereocenters. The Morgan fingerprint density at radius 1 is 1.27 bits per heavy atom. The molecule has 2 aromatic heterocycles. The Balaban J connectivity index is 1.49. The van der Waals surface area contributed by atoms with Crippen LogP contribution in [0.1, 0.15) is 17.1 Å². The van der Waals surface area contributed by atoms with Crippen LogP contribution in [0.15, 0.2) is 40.4 Å². The molecule has 0 saturated heterocycles. The molecule has 0 fully saturated rings. The summed E-state index contributed by atoms with van der Waals surface area (Å²) in [6.07, 6.45) is 4.40. The molecule has 8 heteroatoms. The Labute approximate surface area is 153 Å². The van der Waals surface area contributed by atoms with E-state index in [-0.39, 0.29) is 11.4 Å². The van der Waals surface area contributed by atoms with Crippen LogP contribution in [0.25, 0.3) is 11.3 Å². The van der Waals surface area contributed by atoms with Crippen LogP contribution in [0.5, 0.6) is 0 Å². The van der Waals surface area contributed by atoms with Gasteiger partial charge < -0.3 is 9.97 Å². The summed E-state index contributed by atoms with van der Waals surface area (Å²) in [5.41, 5.74) is 3.30. The van der Waals surface area contributed by atoms with Crippen LogP contribution in [0, 0.1) is 5.82 Å². The van der Waals surface area contributed by atoms with Crippen LogP contribution < -0.4 is 5.56 Å². The normalized spacial score (nSPS) is 14.4. The Hall–Kier alpha value is -2.45. The average molecular weight is 371 g/mol. The van der Waals surface area contributed by atoms with E-state index < -0.39 is 0 Å². The highest BCUT2D eigenvalue weighted by Gasteiger charge is 2.22. The summed E-state index contributed by atoms with van der Waals surface area (Å²) in [4.78, 5) is 29.5. The summed E-state index contributed by atoms with van der Waals surface area (Å²) in [5.74, 6) is 0.557. The van der Waals surface area contributed by atoms with Crippen LogP contribution in [0.3, 0.4) is 0 Å². The molecule has 0 bridgehead atoms. The second-order valence-corrected chi connectivity index (χ2v) is 7.01. The topological polar surface area (TPSA) is 77.7 Å². The number of benzene rings is 1. The van der Waals surface area contributed by atoms with Crippen LogP contribution in [-0.4, -0.2) is 37.6 Å². The van der Waals surface area contributed by atoms with Crippen LogP contribution >= 0.6 is 11.8 Å². The van der Waals surface area contributed by atoms with Gasteiger partial charge in [0.15, 0.2) is 5.16 Å². The maximum absolute atomic E-state index is 13.1. The predicted octanol–water partition coefficient (Wildman–Crippen LogP) is 2.58. The molecule has 2 N–H and O–H groups in total. The first-order valence-electron chi connectivity index (χ1n) is 8.30. The molecular formula is C18H18FN5OS. The summed E-state index contributed by atoms with van der Waals surface area (Å²) in [6.45, 7) is 1.99. The fourth-order valence-corrected chi connectivity index (χ4v) is 3.52. The minimum absolute atomic E-state index is 0.0597. The first kappa shape index (κ1) is 17.0. The van der Waals surface area contributed by atoms with Gasteiger partial charge in [-0.2, -0.15) is 0 Å². The molecule has 3 heterocycles. The lowest BCUT2D eigenvalue weighted by molar-refractivity contribution is 0.235. The SMILES string of the molecule is CSc1nc2c(c(=O)[nH]1)CN(Cc1ncc(-c3ccc(F)cc3)[nH]1)CC2. The monoisotopic (exact) mass is 371 g/mol. The highest BCUT2D eigenvalue weighted by atomic mass is 32.2. The number of halogens is 1. The molecule has 0 saturated carbocycles. The van der Waals surface area contributed by atoms with Crippen LogP contribution in [0.4, 0.5) is 4.39 Å². The quantitative estimate of drug-likeness (QED) is 0.544. The summed E-state index contributed by atoms with van der Waals surface area (Å²) in [6, 6.07) is 6.30. The molecule has 1 aliphatic rings. The lowest BCUT2D eigenvalue weighted by Gasteiger charge is -2.26. The average Bonchev–Trinajstić information content (AvgIpc) is 3.11. The molecule has 4 rings (SSSR count). The van der Waals surface area contributed by atoms with Gasteiger partial charge in [-0.25, -0.2) is 14.4 Å². The first-order chi connectivity index (χ1) is 12.6. The molecule has 1 aromatic carbocycles. The standard InChI is InChI=1S/C18H18FN5OS/c1-26-18-22-14-6-7-24(9-13(14)17(25)23-18)10-16-20-8-15(21-16)11-2-4-12(19)5-3-11/h2-5,8H,6-7,9-10H2,1H3,(H,20,21)(H,22,23,25). The van der Waals surface area contributed by atoms with Gasteiger partial charge in [-0.1, -0.05) is 11.8 Å². The van der Waals surface area contributed by atoms with Gasteiger partial charge in [0.2, 0.25) is 0 Å². The van der Waals surface area contributed by atoms with Crippen LogP contribution in [-0.2, 0) is 19.5 Å². The van der Waals surface area contributed by atoms with E-state index in [0.29, 0.717) is 18.2 Å². The predicted molar refractivity (Wildman–Crippen MR) is 98.4 cm³/mol. The van der Waals surface area contributed by atoms with Gasteiger partial charge in [-0.3, -0.25) is 9.69 Å². The number of hydrogen-bond donors (Lipinski definition) is 2. The second kappa shape index (κ2) is 7.05. The Kier molecular flexibility index (Phi) is 4.60. The van der Waals surface area contributed by atoms with Crippen molar-refractivity contribution in [2.75, 3.05) is 12.8 Å². The summed E-state index contributed by atoms with van der Waals surface area (Å²) < 4.78 is 13.1. The van der Waals surface area contributed by atoms with Gasteiger partial charge in [0, 0.05) is 19.5 Å².